The summed E-state index contributed by atoms with van der Waals surface area (Å²) in [4.78, 5) is 28.8. The summed E-state index contributed by atoms with van der Waals surface area (Å²) < 4.78 is 1.93. The van der Waals surface area contributed by atoms with E-state index >= 15 is 0 Å². The molecule has 1 unspecified atom stereocenters. The molecule has 7 nitrogen and oxygen atoms in total. The molecule has 3 aromatic rings. The minimum Gasteiger partial charge on any atom is -0.354 e. The van der Waals surface area contributed by atoms with Crippen molar-refractivity contribution < 1.29 is 4.79 Å². The number of aromatic nitrogens is 4. The Morgan fingerprint density at radius 1 is 1.20 bits per heavy atom. The highest BCUT2D eigenvalue weighted by Gasteiger charge is 2.34. The summed E-state index contributed by atoms with van der Waals surface area (Å²) in [6.45, 7) is 0.679. The number of rotatable bonds is 7. The number of carbonyl (C=O) groups is 1. The average molecular weight is 407 g/mol. The van der Waals surface area contributed by atoms with Gasteiger partial charge in [0.15, 0.2) is 0 Å². The van der Waals surface area contributed by atoms with Crippen LogP contribution in [0.5, 0.6) is 0 Å². The lowest BCUT2D eigenvalue weighted by Gasteiger charge is -2.43. The first kappa shape index (κ1) is 20.5. The monoisotopic (exact) mass is 406 g/mol. The van der Waals surface area contributed by atoms with Gasteiger partial charge in [-0.05, 0) is 39.1 Å². The number of fused-ring (bicyclic) bond motifs is 1. The zero-order valence-corrected chi connectivity index (χ0v) is 17.8. The minimum atomic E-state index is -0.244. The van der Waals surface area contributed by atoms with Crippen LogP contribution in [0.2, 0.25) is 0 Å². The van der Waals surface area contributed by atoms with E-state index in [1.807, 2.05) is 35.0 Å². The third kappa shape index (κ3) is 4.36. The highest BCUT2D eigenvalue weighted by molar-refractivity contribution is 5.77. The van der Waals surface area contributed by atoms with E-state index in [9.17, 15) is 4.79 Å². The van der Waals surface area contributed by atoms with Crippen molar-refractivity contribution in [3.8, 4) is 0 Å². The van der Waals surface area contributed by atoms with Crippen LogP contribution in [0.25, 0.3) is 11.0 Å². The van der Waals surface area contributed by atoms with E-state index < -0.39 is 0 Å². The molecule has 2 heterocycles. The first-order valence-electron chi connectivity index (χ1n) is 10.7. The number of likely N-dealkylation sites (N-methyl/N-ethyl adjacent to an activating group) is 1. The lowest BCUT2D eigenvalue weighted by atomic mass is 9.80. The Morgan fingerprint density at radius 2 is 1.97 bits per heavy atom. The molecule has 0 saturated heterocycles. The molecular weight excluding hydrogens is 376 g/mol. The quantitative estimate of drug-likeness (QED) is 0.652. The summed E-state index contributed by atoms with van der Waals surface area (Å²) >= 11 is 0. The van der Waals surface area contributed by atoms with Crippen molar-refractivity contribution >= 4 is 16.9 Å². The third-order valence-electron chi connectivity index (χ3n) is 6.42. The summed E-state index contributed by atoms with van der Waals surface area (Å²) in [6.07, 6.45) is 13.4. The van der Waals surface area contributed by atoms with Gasteiger partial charge in [0.25, 0.3) is 0 Å². The largest absolute Gasteiger partial charge is 0.354 e. The van der Waals surface area contributed by atoms with E-state index in [-0.39, 0.29) is 17.5 Å². The molecule has 1 amide bonds. The van der Waals surface area contributed by atoms with Gasteiger partial charge in [-0.3, -0.25) is 9.78 Å². The van der Waals surface area contributed by atoms with Crippen LogP contribution >= 0.6 is 0 Å². The Kier molecular flexibility index (Phi) is 6.08. The first-order valence-corrected chi connectivity index (χ1v) is 10.7. The lowest BCUT2D eigenvalue weighted by Crippen LogP contribution is -2.53. The fourth-order valence-electron chi connectivity index (χ4n) is 4.45. The Hall–Kier alpha value is -2.80. The standard InChI is InChI=1S/C23H30N6O/c1-28(2)23(10-6-3-7-11-23)16-26-22(30)14-21(29-13-12-24-17-29)20-15-25-18-8-4-5-9-19(18)27-20/h4-5,8-9,12-13,15,17,21H,3,6-7,10-11,14,16H2,1-2H3,(H,26,30). The predicted octanol–water partition coefficient (Wildman–Crippen LogP) is 3.19. The Balaban J connectivity index is 1.51. The second-order valence-corrected chi connectivity index (χ2v) is 8.47. The Morgan fingerprint density at radius 3 is 2.67 bits per heavy atom. The fraction of sp³-hybridized carbons (Fsp3) is 0.478. The van der Waals surface area contributed by atoms with Gasteiger partial charge in [0.2, 0.25) is 5.91 Å². The molecule has 1 fully saturated rings. The van der Waals surface area contributed by atoms with Crippen LogP contribution in [-0.2, 0) is 4.79 Å². The average Bonchev–Trinajstić information content (AvgIpc) is 3.31. The van der Waals surface area contributed by atoms with Crippen molar-refractivity contribution in [3.63, 3.8) is 0 Å². The van der Waals surface area contributed by atoms with E-state index in [0.717, 1.165) is 29.6 Å². The minimum absolute atomic E-state index is 0.0236. The smallest absolute Gasteiger partial charge is 0.222 e. The van der Waals surface area contributed by atoms with Crippen molar-refractivity contribution in [1.29, 1.82) is 0 Å². The zero-order chi connectivity index (χ0) is 21.0. The van der Waals surface area contributed by atoms with Crippen LogP contribution in [0.4, 0.5) is 0 Å². The summed E-state index contributed by atoms with van der Waals surface area (Å²) in [6, 6.07) is 7.54. The summed E-state index contributed by atoms with van der Waals surface area (Å²) in [7, 11) is 4.24. The third-order valence-corrected chi connectivity index (χ3v) is 6.42. The molecule has 1 aromatic carbocycles. The first-order chi connectivity index (χ1) is 14.6. The van der Waals surface area contributed by atoms with Gasteiger partial charge in [-0.1, -0.05) is 31.4 Å². The van der Waals surface area contributed by atoms with Crippen molar-refractivity contribution in [2.75, 3.05) is 20.6 Å². The van der Waals surface area contributed by atoms with Gasteiger partial charge in [-0.2, -0.15) is 0 Å². The van der Waals surface area contributed by atoms with Crippen LogP contribution in [0.1, 0.15) is 50.3 Å². The SMILES string of the molecule is CN(C)C1(CNC(=O)CC(c2cnc3ccccc3n2)n2ccnc2)CCCCC1. The molecule has 0 aliphatic heterocycles. The maximum Gasteiger partial charge on any atom is 0.222 e. The second kappa shape index (κ2) is 8.92. The summed E-state index contributed by atoms with van der Waals surface area (Å²) in [5.74, 6) is 0.0236. The molecule has 0 bridgehead atoms. The number of nitrogens with one attached hydrogen (secondary N) is 1. The highest BCUT2D eigenvalue weighted by Crippen LogP contribution is 2.31. The van der Waals surface area contributed by atoms with Crippen LogP contribution in [-0.4, -0.2) is 56.5 Å². The molecule has 0 radical (unpaired) electrons. The van der Waals surface area contributed by atoms with Crippen molar-refractivity contribution in [2.24, 2.45) is 0 Å². The van der Waals surface area contributed by atoms with Gasteiger partial charge in [-0.15, -0.1) is 0 Å². The lowest BCUT2D eigenvalue weighted by molar-refractivity contribution is -0.122. The van der Waals surface area contributed by atoms with Gasteiger partial charge in [0, 0.05) is 24.5 Å². The maximum atomic E-state index is 13.0. The van der Waals surface area contributed by atoms with Gasteiger partial charge < -0.3 is 14.8 Å². The zero-order valence-electron chi connectivity index (χ0n) is 17.8. The molecule has 1 N–H and O–H groups in total. The molecule has 1 atom stereocenters. The van der Waals surface area contributed by atoms with Gasteiger partial charge in [-0.25, -0.2) is 9.97 Å². The maximum absolute atomic E-state index is 13.0. The molecule has 30 heavy (non-hydrogen) atoms. The molecule has 158 valence electrons. The molecule has 0 spiro atoms. The van der Waals surface area contributed by atoms with E-state index in [1.54, 1.807) is 18.7 Å². The summed E-state index contributed by atoms with van der Waals surface area (Å²) in [5, 5.41) is 3.21. The van der Waals surface area contributed by atoms with Crippen molar-refractivity contribution in [2.45, 2.75) is 50.1 Å². The highest BCUT2D eigenvalue weighted by atomic mass is 16.1. The molecule has 4 rings (SSSR count). The predicted molar refractivity (Wildman–Crippen MR) is 117 cm³/mol. The van der Waals surface area contributed by atoms with Gasteiger partial charge in [0.05, 0.1) is 41.7 Å². The number of imidazole rings is 1. The number of amides is 1. The van der Waals surface area contributed by atoms with Crippen LogP contribution in [0, 0.1) is 0 Å². The number of hydrogen-bond acceptors (Lipinski definition) is 5. The fourth-order valence-corrected chi connectivity index (χ4v) is 4.45. The van der Waals surface area contributed by atoms with E-state index in [1.165, 1.54) is 19.3 Å². The number of nitrogens with zero attached hydrogens (tertiary/aromatic N) is 5. The van der Waals surface area contributed by atoms with Crippen LogP contribution < -0.4 is 5.32 Å². The van der Waals surface area contributed by atoms with E-state index in [2.05, 4.69) is 34.3 Å². The van der Waals surface area contributed by atoms with Crippen molar-refractivity contribution in [3.05, 3.63) is 54.9 Å². The number of benzene rings is 1. The van der Waals surface area contributed by atoms with Crippen molar-refractivity contribution in [1.82, 2.24) is 29.7 Å². The number of hydrogen-bond donors (Lipinski definition) is 1. The Labute approximate surface area is 177 Å². The van der Waals surface area contributed by atoms with Gasteiger partial charge >= 0.3 is 0 Å². The Bertz CT molecular complexity index is 978. The molecule has 2 aromatic heterocycles. The van der Waals surface area contributed by atoms with E-state index in [0.29, 0.717) is 13.0 Å². The molecular formula is C23H30N6O. The molecule has 1 aliphatic rings. The van der Waals surface area contributed by atoms with Crippen LogP contribution in [0.3, 0.4) is 0 Å². The topological polar surface area (TPSA) is 75.9 Å². The van der Waals surface area contributed by atoms with Gasteiger partial charge in [0.1, 0.15) is 0 Å². The molecule has 1 aliphatic carbocycles. The van der Waals surface area contributed by atoms with E-state index in [4.69, 9.17) is 4.98 Å². The normalized spacial score (nSPS) is 17.2. The molecule has 1 saturated carbocycles. The second-order valence-electron chi connectivity index (χ2n) is 8.47. The summed E-state index contributed by atoms with van der Waals surface area (Å²) in [5.41, 5.74) is 2.50. The number of carbonyl (C=O) groups excluding carboxylic acids is 1. The van der Waals surface area contributed by atoms with Crippen LogP contribution in [0.15, 0.2) is 49.2 Å². The molecule has 7 heteroatoms. The number of para-hydroxylation sites is 2.